The number of unbranched alkanes of at least 4 members (excludes halogenated alkanes) is 5. The highest BCUT2D eigenvalue weighted by atomic mass is 13.9. The van der Waals surface area contributed by atoms with Gasteiger partial charge in [-0.15, -0.1) is 0 Å². The Bertz CT molecular complexity index is 208. The molecule has 0 aromatic rings. The first-order valence-corrected chi connectivity index (χ1v) is 7.16. The third-order valence-electron chi connectivity index (χ3n) is 2.69. The molecule has 0 nitrogen and oxygen atoms in total. The van der Waals surface area contributed by atoms with E-state index in [0.29, 0.717) is 0 Å². The molecule has 0 aromatic carbocycles. The Hall–Kier alpha value is -0.780. The first kappa shape index (κ1) is 16.2. The maximum atomic E-state index is 3.76. The first-order chi connectivity index (χ1) is 8.41. The second-order valence-corrected chi connectivity index (χ2v) is 4.38. The van der Waals surface area contributed by atoms with Gasteiger partial charge in [0, 0.05) is 0 Å². The van der Waals surface area contributed by atoms with Crippen molar-refractivity contribution in [3.05, 3.63) is 43.4 Å². The molecule has 0 heteroatoms. The molecular formula is C17H29. The lowest BCUT2D eigenvalue weighted by Crippen LogP contribution is -1.75. The minimum absolute atomic E-state index is 0.895. The van der Waals surface area contributed by atoms with Gasteiger partial charge in [0.15, 0.2) is 0 Å². The number of hydrogen-bond donors (Lipinski definition) is 0. The number of allylic oxidation sites excluding steroid dienone is 6. The van der Waals surface area contributed by atoms with Gasteiger partial charge in [-0.3, -0.25) is 0 Å². The van der Waals surface area contributed by atoms with E-state index in [-0.39, 0.29) is 0 Å². The van der Waals surface area contributed by atoms with Crippen LogP contribution in [0.3, 0.4) is 0 Å². The van der Waals surface area contributed by atoms with Gasteiger partial charge in [0.25, 0.3) is 0 Å². The van der Waals surface area contributed by atoms with Gasteiger partial charge in [-0.1, -0.05) is 69.1 Å². The molecule has 0 atom stereocenters. The van der Waals surface area contributed by atoms with Crippen LogP contribution in [-0.4, -0.2) is 0 Å². The minimum atomic E-state index is 0.895. The van der Waals surface area contributed by atoms with Crippen molar-refractivity contribution >= 4 is 0 Å². The highest BCUT2D eigenvalue weighted by Crippen LogP contribution is 2.05. The van der Waals surface area contributed by atoms with Gasteiger partial charge in [0.2, 0.25) is 0 Å². The van der Waals surface area contributed by atoms with Crippen LogP contribution in [0, 0.1) is 6.92 Å². The average molecular weight is 233 g/mol. The van der Waals surface area contributed by atoms with Crippen LogP contribution in [0.1, 0.15) is 64.7 Å². The lowest BCUT2D eigenvalue weighted by molar-refractivity contribution is 0.637. The molecule has 0 saturated heterocycles. The van der Waals surface area contributed by atoms with Crippen molar-refractivity contribution in [2.24, 2.45) is 0 Å². The van der Waals surface area contributed by atoms with Crippen LogP contribution >= 0.6 is 0 Å². The summed E-state index contributed by atoms with van der Waals surface area (Å²) in [4.78, 5) is 0. The third kappa shape index (κ3) is 15.2. The molecule has 0 aliphatic carbocycles. The van der Waals surface area contributed by atoms with Gasteiger partial charge in [-0.2, -0.15) is 0 Å². The monoisotopic (exact) mass is 233 g/mol. The second kappa shape index (κ2) is 15.2. The minimum Gasteiger partial charge on any atom is -0.0882 e. The van der Waals surface area contributed by atoms with E-state index in [4.69, 9.17) is 0 Å². The predicted octanol–water partition coefficient (Wildman–Crippen LogP) is 6.02. The van der Waals surface area contributed by atoms with Gasteiger partial charge >= 0.3 is 0 Å². The summed E-state index contributed by atoms with van der Waals surface area (Å²) in [6, 6.07) is 0. The fourth-order valence-electron chi connectivity index (χ4n) is 1.64. The summed E-state index contributed by atoms with van der Waals surface area (Å²) in [5, 5.41) is 0. The summed E-state index contributed by atoms with van der Waals surface area (Å²) in [6.45, 7) is 6.02. The molecule has 17 heavy (non-hydrogen) atoms. The first-order valence-electron chi connectivity index (χ1n) is 7.16. The highest BCUT2D eigenvalue weighted by Gasteiger charge is 1.85. The molecule has 1 radical (unpaired) electrons. The molecule has 97 valence electrons. The maximum absolute atomic E-state index is 3.76. The van der Waals surface area contributed by atoms with E-state index < -0.39 is 0 Å². The molecule has 0 aromatic heterocycles. The highest BCUT2D eigenvalue weighted by molar-refractivity contribution is 4.97. The Morgan fingerprint density at radius 2 is 1.29 bits per heavy atom. The van der Waals surface area contributed by atoms with Gasteiger partial charge < -0.3 is 0 Å². The van der Waals surface area contributed by atoms with Crippen LogP contribution in [0.15, 0.2) is 36.5 Å². The number of rotatable bonds is 11. The lowest BCUT2D eigenvalue weighted by Gasteiger charge is -1.95. The zero-order chi connectivity index (χ0) is 12.6. The molecule has 0 aliphatic heterocycles. The predicted molar refractivity (Wildman–Crippen MR) is 80.0 cm³/mol. The van der Waals surface area contributed by atoms with Crippen molar-refractivity contribution < 1.29 is 0 Å². The van der Waals surface area contributed by atoms with Crippen LogP contribution in [0.5, 0.6) is 0 Å². The van der Waals surface area contributed by atoms with Crippen molar-refractivity contribution in [3.8, 4) is 0 Å². The van der Waals surface area contributed by atoms with Crippen molar-refractivity contribution in [2.45, 2.75) is 64.7 Å². The number of hydrogen-bond acceptors (Lipinski definition) is 0. The fourth-order valence-corrected chi connectivity index (χ4v) is 1.64. The molecular weight excluding hydrogens is 204 g/mol. The van der Waals surface area contributed by atoms with E-state index in [1.54, 1.807) is 0 Å². The standard InChI is InChI=1S/C17H29/c1-3-5-7-9-11-13-15-17-16-14-12-10-8-6-4-2/h5,7,11,13,16-17H,1,3-4,6,8-10,12,14-15H2,2H3/b7-5-,13-11-,17-16-. The van der Waals surface area contributed by atoms with Crippen LogP contribution in [0.2, 0.25) is 0 Å². The third-order valence-corrected chi connectivity index (χ3v) is 2.69. The Kier molecular flexibility index (Phi) is 14.5. The SMILES string of the molecule is [CH2]C/C=C\C/C=C\C/C=C\CCCCCCC. The van der Waals surface area contributed by atoms with Gasteiger partial charge in [-0.05, 0) is 39.0 Å². The van der Waals surface area contributed by atoms with Gasteiger partial charge in [0.1, 0.15) is 0 Å². The Balaban J connectivity index is 3.21. The molecule has 0 aliphatic rings. The molecule has 0 bridgehead atoms. The molecule has 0 rings (SSSR count). The van der Waals surface area contributed by atoms with Crippen molar-refractivity contribution in [1.29, 1.82) is 0 Å². The molecule has 0 spiro atoms. The molecule has 0 N–H and O–H groups in total. The van der Waals surface area contributed by atoms with E-state index in [2.05, 4.69) is 50.3 Å². The van der Waals surface area contributed by atoms with E-state index in [9.17, 15) is 0 Å². The maximum Gasteiger partial charge on any atom is -0.0169 e. The van der Waals surface area contributed by atoms with Gasteiger partial charge in [-0.25, -0.2) is 0 Å². The van der Waals surface area contributed by atoms with Crippen LogP contribution in [0.25, 0.3) is 0 Å². The molecule has 0 saturated carbocycles. The van der Waals surface area contributed by atoms with Crippen molar-refractivity contribution in [1.82, 2.24) is 0 Å². The van der Waals surface area contributed by atoms with Crippen LogP contribution in [-0.2, 0) is 0 Å². The molecule has 0 heterocycles. The van der Waals surface area contributed by atoms with Crippen LogP contribution in [0.4, 0.5) is 0 Å². The summed E-state index contributed by atoms with van der Waals surface area (Å²) in [6.07, 6.45) is 24.5. The Labute approximate surface area is 109 Å². The smallest absolute Gasteiger partial charge is 0.0169 e. The summed E-state index contributed by atoms with van der Waals surface area (Å²) >= 11 is 0. The summed E-state index contributed by atoms with van der Waals surface area (Å²) < 4.78 is 0. The second-order valence-electron chi connectivity index (χ2n) is 4.38. The topological polar surface area (TPSA) is 0 Å². The fraction of sp³-hybridized carbons (Fsp3) is 0.588. The zero-order valence-electron chi connectivity index (χ0n) is 11.5. The van der Waals surface area contributed by atoms with Crippen molar-refractivity contribution in [3.63, 3.8) is 0 Å². The average Bonchev–Trinajstić information content (AvgIpc) is 2.35. The normalized spacial score (nSPS) is 12.4. The van der Waals surface area contributed by atoms with Gasteiger partial charge in [0.05, 0.1) is 0 Å². The van der Waals surface area contributed by atoms with E-state index >= 15 is 0 Å². The van der Waals surface area contributed by atoms with E-state index in [1.165, 1.54) is 38.5 Å². The quantitative estimate of drug-likeness (QED) is 0.302. The zero-order valence-corrected chi connectivity index (χ0v) is 11.5. The van der Waals surface area contributed by atoms with Crippen molar-refractivity contribution in [2.75, 3.05) is 0 Å². The van der Waals surface area contributed by atoms with E-state index in [0.717, 1.165) is 19.3 Å². The molecule has 0 unspecified atom stereocenters. The summed E-state index contributed by atoms with van der Waals surface area (Å²) in [5.74, 6) is 0. The summed E-state index contributed by atoms with van der Waals surface area (Å²) in [7, 11) is 0. The Morgan fingerprint density at radius 1 is 0.706 bits per heavy atom. The summed E-state index contributed by atoms with van der Waals surface area (Å²) in [5.41, 5.74) is 0. The molecule has 0 fully saturated rings. The lowest BCUT2D eigenvalue weighted by atomic mass is 10.1. The molecule has 0 amide bonds. The largest absolute Gasteiger partial charge is 0.0882 e. The Morgan fingerprint density at radius 3 is 1.94 bits per heavy atom. The van der Waals surface area contributed by atoms with E-state index in [1.807, 2.05) is 0 Å². The van der Waals surface area contributed by atoms with Crippen LogP contribution < -0.4 is 0 Å².